The van der Waals surface area contributed by atoms with Crippen LogP contribution in [0, 0.1) is 0 Å². The summed E-state index contributed by atoms with van der Waals surface area (Å²) in [6.07, 6.45) is 1.23. The summed E-state index contributed by atoms with van der Waals surface area (Å²) in [6, 6.07) is 21.9. The minimum absolute atomic E-state index is 0.171. The molecule has 1 heteroatoms. The van der Waals surface area contributed by atoms with E-state index < -0.39 is 0 Å². The maximum atomic E-state index is 2.63. The zero-order chi connectivity index (χ0) is 12.2. The Morgan fingerprint density at radius 3 is 1.72 bits per heavy atom. The average Bonchev–Trinajstić information content (AvgIpc) is 3.30. The van der Waals surface area contributed by atoms with Gasteiger partial charge in [-0.3, -0.25) is 4.90 Å². The second-order valence-electron chi connectivity index (χ2n) is 5.41. The van der Waals surface area contributed by atoms with Crippen LogP contribution in [0.2, 0.25) is 0 Å². The summed E-state index contributed by atoms with van der Waals surface area (Å²) >= 11 is 0. The van der Waals surface area contributed by atoms with Gasteiger partial charge in [-0.25, -0.2) is 0 Å². The Labute approximate surface area is 108 Å². The normalized spacial score (nSPS) is 30.6. The Balaban J connectivity index is 1.89. The van der Waals surface area contributed by atoms with E-state index in [1.807, 2.05) is 0 Å². The molecule has 0 aromatic heterocycles. The van der Waals surface area contributed by atoms with E-state index in [2.05, 4.69) is 72.5 Å². The van der Waals surface area contributed by atoms with Crippen molar-refractivity contribution in [3.8, 4) is 0 Å². The minimum Gasteiger partial charge on any atom is -0.277 e. The van der Waals surface area contributed by atoms with E-state index in [1.165, 1.54) is 24.1 Å². The van der Waals surface area contributed by atoms with Crippen molar-refractivity contribution in [2.45, 2.75) is 24.4 Å². The van der Waals surface area contributed by atoms with Gasteiger partial charge >= 0.3 is 0 Å². The highest BCUT2D eigenvalue weighted by molar-refractivity contribution is 5.59. The Morgan fingerprint density at radius 1 is 0.889 bits per heavy atom. The van der Waals surface area contributed by atoms with Gasteiger partial charge in [0.25, 0.3) is 0 Å². The summed E-state index contributed by atoms with van der Waals surface area (Å²) in [6.45, 7) is 3.57. The first-order valence-corrected chi connectivity index (χ1v) is 6.75. The molecule has 0 saturated carbocycles. The van der Waals surface area contributed by atoms with Crippen LogP contribution >= 0.6 is 0 Å². The predicted molar refractivity (Wildman–Crippen MR) is 73.4 cm³/mol. The maximum absolute atomic E-state index is 2.63. The summed E-state index contributed by atoms with van der Waals surface area (Å²) in [5.74, 6) is 0. The number of benzene rings is 2. The van der Waals surface area contributed by atoms with Crippen LogP contribution in [0.3, 0.4) is 0 Å². The molecule has 0 spiro atoms. The van der Waals surface area contributed by atoms with Gasteiger partial charge in [0.2, 0.25) is 0 Å². The van der Waals surface area contributed by atoms with Crippen LogP contribution in [0.4, 0.5) is 0 Å². The Morgan fingerprint density at radius 2 is 1.39 bits per heavy atom. The van der Waals surface area contributed by atoms with E-state index in [-0.39, 0.29) is 5.54 Å². The first-order chi connectivity index (χ1) is 8.86. The largest absolute Gasteiger partial charge is 0.277 e. The van der Waals surface area contributed by atoms with Crippen molar-refractivity contribution >= 4 is 0 Å². The Kier molecular flexibility index (Phi) is 1.86. The number of hydrogen-bond acceptors (Lipinski definition) is 1. The highest BCUT2D eigenvalue weighted by Gasteiger charge is 2.87. The molecule has 0 N–H and O–H groups in total. The molecule has 2 saturated heterocycles. The lowest BCUT2D eigenvalue weighted by Crippen LogP contribution is -2.31. The molecule has 0 radical (unpaired) electrons. The summed E-state index contributed by atoms with van der Waals surface area (Å²) in [5, 5.41) is 0. The van der Waals surface area contributed by atoms with Crippen molar-refractivity contribution in [1.29, 1.82) is 0 Å². The minimum atomic E-state index is 0.171. The molecule has 4 rings (SSSR count). The fourth-order valence-corrected chi connectivity index (χ4v) is 3.82. The first-order valence-electron chi connectivity index (χ1n) is 6.75. The molecule has 0 aliphatic carbocycles. The average molecular weight is 235 g/mol. The second-order valence-corrected chi connectivity index (χ2v) is 5.41. The van der Waals surface area contributed by atoms with Crippen molar-refractivity contribution in [3.63, 3.8) is 0 Å². The van der Waals surface area contributed by atoms with Crippen LogP contribution < -0.4 is 0 Å². The van der Waals surface area contributed by atoms with Crippen LogP contribution in [0.1, 0.15) is 24.5 Å². The van der Waals surface area contributed by atoms with Gasteiger partial charge in [-0.2, -0.15) is 0 Å². The molecule has 0 bridgehead atoms. The summed E-state index contributed by atoms with van der Waals surface area (Å²) in [7, 11) is 0. The van der Waals surface area contributed by atoms with Crippen molar-refractivity contribution in [1.82, 2.24) is 4.90 Å². The molecule has 2 aromatic carbocycles. The van der Waals surface area contributed by atoms with Crippen LogP contribution in [0.5, 0.6) is 0 Å². The smallest absolute Gasteiger partial charge is 0.0921 e. The third-order valence-electron chi connectivity index (χ3n) is 4.83. The standard InChI is InChI=1S/C17H17N/c1-2-16-13-18(16)17(16,14-9-5-3-6-10-14)15-11-7-4-8-12-15/h3-12H,2,13H2,1H3. The molecule has 2 aliphatic heterocycles. The van der Waals surface area contributed by atoms with Gasteiger partial charge in [-0.15, -0.1) is 0 Å². The number of fused-ring (bicyclic) bond motifs is 1. The number of nitrogens with zero attached hydrogens (tertiary/aromatic N) is 1. The third-order valence-corrected chi connectivity index (χ3v) is 4.83. The first kappa shape index (κ1) is 10.3. The lowest BCUT2D eigenvalue weighted by Gasteiger charge is -2.26. The van der Waals surface area contributed by atoms with Crippen LogP contribution in [0.25, 0.3) is 0 Å². The van der Waals surface area contributed by atoms with Crippen LogP contribution in [0.15, 0.2) is 60.7 Å². The van der Waals surface area contributed by atoms with Gasteiger partial charge in [0.1, 0.15) is 0 Å². The lowest BCUT2D eigenvalue weighted by molar-refractivity contribution is 0.491. The van der Waals surface area contributed by atoms with E-state index >= 15 is 0 Å². The molecule has 90 valence electrons. The third kappa shape index (κ3) is 0.979. The van der Waals surface area contributed by atoms with Crippen molar-refractivity contribution < 1.29 is 0 Å². The van der Waals surface area contributed by atoms with E-state index in [4.69, 9.17) is 0 Å². The van der Waals surface area contributed by atoms with Crippen LogP contribution in [-0.2, 0) is 5.54 Å². The van der Waals surface area contributed by atoms with E-state index in [0.717, 1.165) is 0 Å². The number of rotatable bonds is 3. The van der Waals surface area contributed by atoms with Crippen molar-refractivity contribution in [2.24, 2.45) is 0 Å². The van der Waals surface area contributed by atoms with Gasteiger partial charge in [-0.05, 0) is 17.5 Å². The molecule has 2 atom stereocenters. The van der Waals surface area contributed by atoms with Crippen LogP contribution in [-0.4, -0.2) is 17.0 Å². The predicted octanol–water partition coefficient (Wildman–Crippen LogP) is 3.41. The van der Waals surface area contributed by atoms with E-state index in [0.29, 0.717) is 5.54 Å². The fraction of sp³-hybridized carbons (Fsp3) is 0.294. The SMILES string of the molecule is CCC12CN1C2(c1ccccc1)c1ccccc1. The molecule has 2 aliphatic rings. The van der Waals surface area contributed by atoms with Gasteiger partial charge in [0.15, 0.2) is 0 Å². The van der Waals surface area contributed by atoms with Gasteiger partial charge < -0.3 is 0 Å². The molecule has 1 nitrogen and oxygen atoms in total. The molecule has 0 amide bonds. The van der Waals surface area contributed by atoms with E-state index in [9.17, 15) is 0 Å². The maximum Gasteiger partial charge on any atom is 0.0921 e. The topological polar surface area (TPSA) is 3.01 Å². The highest BCUT2D eigenvalue weighted by atomic mass is 15.6. The lowest BCUT2D eigenvalue weighted by atomic mass is 9.78. The monoisotopic (exact) mass is 235 g/mol. The van der Waals surface area contributed by atoms with Crippen molar-refractivity contribution in [3.05, 3.63) is 71.8 Å². The molecular formula is C17H17N. The molecule has 2 heterocycles. The molecular weight excluding hydrogens is 218 g/mol. The van der Waals surface area contributed by atoms with Gasteiger partial charge in [0.05, 0.1) is 11.1 Å². The zero-order valence-electron chi connectivity index (χ0n) is 10.6. The molecule has 18 heavy (non-hydrogen) atoms. The second kappa shape index (κ2) is 3.24. The summed E-state index contributed by atoms with van der Waals surface area (Å²) < 4.78 is 0. The van der Waals surface area contributed by atoms with Gasteiger partial charge in [-0.1, -0.05) is 67.6 Å². The quantitative estimate of drug-likeness (QED) is 0.737. The fourth-order valence-electron chi connectivity index (χ4n) is 3.82. The zero-order valence-corrected chi connectivity index (χ0v) is 10.6. The molecule has 2 fully saturated rings. The number of hydrogen-bond donors (Lipinski definition) is 0. The van der Waals surface area contributed by atoms with E-state index in [1.54, 1.807) is 0 Å². The summed E-state index contributed by atoms with van der Waals surface area (Å²) in [4.78, 5) is 2.63. The summed E-state index contributed by atoms with van der Waals surface area (Å²) in [5.41, 5.74) is 3.48. The molecule has 2 unspecified atom stereocenters. The Hall–Kier alpha value is -1.60. The van der Waals surface area contributed by atoms with Crippen molar-refractivity contribution in [2.75, 3.05) is 6.54 Å². The molecule has 2 aromatic rings. The highest BCUT2D eigenvalue weighted by Crippen LogP contribution is 2.75. The Bertz CT molecular complexity index is 536. The van der Waals surface area contributed by atoms with Gasteiger partial charge in [0, 0.05) is 6.54 Å².